The highest BCUT2D eigenvalue weighted by Gasteiger charge is 2.36. The van der Waals surface area contributed by atoms with Crippen LogP contribution in [0.15, 0.2) is 22.7 Å². The van der Waals surface area contributed by atoms with Gasteiger partial charge in [0.2, 0.25) is 0 Å². The number of halogens is 1. The molecular weight excluding hydrogens is 306 g/mol. The summed E-state index contributed by atoms with van der Waals surface area (Å²) in [6, 6.07) is 5.39. The van der Waals surface area contributed by atoms with E-state index >= 15 is 0 Å². The molecule has 1 aromatic rings. The van der Waals surface area contributed by atoms with Gasteiger partial charge in [-0.3, -0.25) is 0 Å². The molecule has 0 radical (unpaired) electrons. The van der Waals surface area contributed by atoms with Gasteiger partial charge >= 0.3 is 5.97 Å². The third-order valence-corrected chi connectivity index (χ3v) is 4.96. The zero-order valence-corrected chi connectivity index (χ0v) is 13.0. The molecule has 1 fully saturated rings. The molecule has 0 unspecified atom stereocenters. The van der Waals surface area contributed by atoms with Crippen LogP contribution in [0.3, 0.4) is 0 Å². The number of anilines is 1. The second-order valence-corrected chi connectivity index (χ2v) is 6.26. The number of hydrogen-bond acceptors (Lipinski definition) is 2. The van der Waals surface area contributed by atoms with Crippen LogP contribution in [0.1, 0.15) is 43.5 Å². The van der Waals surface area contributed by atoms with Crippen LogP contribution in [0.5, 0.6) is 0 Å². The molecule has 0 aromatic heterocycles. The number of benzene rings is 1. The topological polar surface area (TPSA) is 40.5 Å². The van der Waals surface area contributed by atoms with Crippen molar-refractivity contribution in [2.75, 3.05) is 18.0 Å². The average Bonchev–Trinajstić information content (AvgIpc) is 2.83. The lowest BCUT2D eigenvalue weighted by molar-refractivity contribution is 0.0697. The highest BCUT2D eigenvalue weighted by molar-refractivity contribution is 9.10. The highest BCUT2D eigenvalue weighted by Crippen LogP contribution is 2.40. The minimum absolute atomic E-state index is 0.345. The van der Waals surface area contributed by atoms with Crippen molar-refractivity contribution in [2.24, 2.45) is 5.41 Å². The second kappa shape index (κ2) is 5.53. The first-order valence-electron chi connectivity index (χ1n) is 6.79. The molecule has 2 rings (SSSR count). The van der Waals surface area contributed by atoms with E-state index in [4.69, 9.17) is 0 Å². The maximum Gasteiger partial charge on any atom is 0.337 e. The molecule has 0 spiro atoms. The molecule has 0 aliphatic carbocycles. The van der Waals surface area contributed by atoms with Gasteiger partial charge in [0.1, 0.15) is 0 Å². The Kier molecular flexibility index (Phi) is 4.19. The van der Waals surface area contributed by atoms with E-state index in [0.717, 1.165) is 42.5 Å². The van der Waals surface area contributed by atoms with E-state index in [9.17, 15) is 9.90 Å². The van der Waals surface area contributed by atoms with Crippen molar-refractivity contribution < 1.29 is 9.90 Å². The molecule has 104 valence electrons. The van der Waals surface area contributed by atoms with E-state index in [1.54, 1.807) is 12.1 Å². The summed E-state index contributed by atoms with van der Waals surface area (Å²) >= 11 is 3.44. The molecule has 19 heavy (non-hydrogen) atoms. The number of hydrogen-bond donors (Lipinski definition) is 1. The van der Waals surface area contributed by atoms with Crippen molar-refractivity contribution in [1.82, 2.24) is 0 Å². The molecule has 1 heterocycles. The molecule has 1 aliphatic heterocycles. The maximum atomic E-state index is 11.3. The van der Waals surface area contributed by atoms with Crippen molar-refractivity contribution in [3.8, 4) is 0 Å². The van der Waals surface area contributed by atoms with Gasteiger partial charge in [-0.1, -0.05) is 29.8 Å². The van der Waals surface area contributed by atoms with Gasteiger partial charge < -0.3 is 10.0 Å². The fourth-order valence-corrected chi connectivity index (χ4v) is 3.26. The van der Waals surface area contributed by atoms with Crippen LogP contribution in [0.25, 0.3) is 0 Å². The molecule has 3 nitrogen and oxygen atoms in total. The van der Waals surface area contributed by atoms with Crippen molar-refractivity contribution in [1.29, 1.82) is 0 Å². The Balaban J connectivity index is 2.33. The number of aromatic carboxylic acids is 1. The molecular formula is C15H20BrNO2. The number of carboxylic acid groups (broad SMARTS) is 1. The Morgan fingerprint density at radius 2 is 2.11 bits per heavy atom. The molecule has 1 saturated heterocycles. The zero-order valence-electron chi connectivity index (χ0n) is 11.4. The van der Waals surface area contributed by atoms with E-state index in [1.807, 2.05) is 6.07 Å². The molecule has 1 aromatic carbocycles. The van der Waals surface area contributed by atoms with E-state index in [0.29, 0.717) is 11.0 Å². The summed E-state index contributed by atoms with van der Waals surface area (Å²) in [6.45, 7) is 6.35. The lowest BCUT2D eigenvalue weighted by atomic mass is 9.82. The van der Waals surface area contributed by atoms with Gasteiger partial charge in [-0.25, -0.2) is 4.79 Å². The average molecular weight is 326 g/mol. The number of carboxylic acids is 1. The van der Waals surface area contributed by atoms with Crippen molar-refractivity contribution in [2.45, 2.75) is 33.1 Å². The monoisotopic (exact) mass is 325 g/mol. The summed E-state index contributed by atoms with van der Waals surface area (Å²) in [7, 11) is 0. The van der Waals surface area contributed by atoms with E-state index in [2.05, 4.69) is 34.7 Å². The van der Waals surface area contributed by atoms with Crippen LogP contribution in [0.4, 0.5) is 5.69 Å². The van der Waals surface area contributed by atoms with Crippen molar-refractivity contribution in [3.63, 3.8) is 0 Å². The van der Waals surface area contributed by atoms with Crippen LogP contribution < -0.4 is 4.90 Å². The second-order valence-electron chi connectivity index (χ2n) is 5.35. The normalized spacial score (nSPS) is 17.7. The predicted molar refractivity (Wildman–Crippen MR) is 80.9 cm³/mol. The van der Waals surface area contributed by atoms with Crippen LogP contribution in [0.2, 0.25) is 0 Å². The molecule has 0 bridgehead atoms. The number of nitrogens with zero attached hydrogens (tertiary/aromatic N) is 1. The minimum atomic E-state index is -0.854. The minimum Gasteiger partial charge on any atom is -0.478 e. The quantitative estimate of drug-likeness (QED) is 0.903. The summed E-state index contributed by atoms with van der Waals surface area (Å²) in [5.74, 6) is -0.854. The summed E-state index contributed by atoms with van der Waals surface area (Å²) in [6.07, 6.45) is 3.44. The number of rotatable bonds is 4. The van der Waals surface area contributed by atoms with Crippen LogP contribution >= 0.6 is 15.9 Å². The fourth-order valence-electron chi connectivity index (χ4n) is 2.92. The van der Waals surface area contributed by atoms with Gasteiger partial charge in [0, 0.05) is 17.6 Å². The lowest BCUT2D eigenvalue weighted by Crippen LogP contribution is -2.27. The zero-order chi connectivity index (χ0) is 14.0. The van der Waals surface area contributed by atoms with E-state index in [1.165, 1.54) is 0 Å². The van der Waals surface area contributed by atoms with E-state index in [-0.39, 0.29) is 0 Å². The lowest BCUT2D eigenvalue weighted by Gasteiger charge is -2.28. The van der Waals surface area contributed by atoms with Gasteiger partial charge in [0.05, 0.1) is 11.3 Å². The van der Waals surface area contributed by atoms with Gasteiger partial charge in [0.25, 0.3) is 0 Å². The Morgan fingerprint density at radius 3 is 2.63 bits per heavy atom. The maximum absolute atomic E-state index is 11.3. The summed E-state index contributed by atoms with van der Waals surface area (Å²) in [5.41, 5.74) is 1.58. The van der Waals surface area contributed by atoms with Crippen LogP contribution in [-0.4, -0.2) is 24.2 Å². The van der Waals surface area contributed by atoms with Gasteiger partial charge in [0.15, 0.2) is 0 Å². The largest absolute Gasteiger partial charge is 0.478 e. The fraction of sp³-hybridized carbons (Fsp3) is 0.533. The Hall–Kier alpha value is -1.03. The summed E-state index contributed by atoms with van der Waals surface area (Å²) < 4.78 is 0.929. The standard InChI is InChI=1S/C15H20BrNO2/c1-3-15(4-2)7-8-17(10-15)13-9-11(16)5-6-12(13)14(18)19/h5-6,9H,3-4,7-8,10H2,1-2H3,(H,18,19). The smallest absolute Gasteiger partial charge is 0.337 e. The third-order valence-electron chi connectivity index (χ3n) is 4.47. The highest BCUT2D eigenvalue weighted by atomic mass is 79.9. The number of carbonyl (C=O) groups is 1. The third kappa shape index (κ3) is 2.78. The molecule has 1 N–H and O–H groups in total. The Labute approximate surface area is 122 Å². The Morgan fingerprint density at radius 1 is 1.42 bits per heavy atom. The molecule has 1 aliphatic rings. The van der Waals surface area contributed by atoms with Crippen LogP contribution in [-0.2, 0) is 0 Å². The summed E-state index contributed by atoms with van der Waals surface area (Å²) in [4.78, 5) is 13.6. The van der Waals surface area contributed by atoms with Crippen molar-refractivity contribution in [3.05, 3.63) is 28.2 Å². The molecule has 4 heteroatoms. The first-order valence-corrected chi connectivity index (χ1v) is 7.58. The first-order chi connectivity index (χ1) is 9.01. The van der Waals surface area contributed by atoms with E-state index < -0.39 is 5.97 Å². The molecule has 0 atom stereocenters. The van der Waals surface area contributed by atoms with Crippen LogP contribution in [0, 0.1) is 5.41 Å². The SMILES string of the molecule is CCC1(CC)CCN(c2cc(Br)ccc2C(=O)O)C1. The molecule has 0 saturated carbocycles. The van der Waals surface area contributed by atoms with Gasteiger partial charge in [-0.05, 0) is 42.9 Å². The summed E-state index contributed by atoms with van der Waals surface area (Å²) in [5, 5.41) is 9.32. The van der Waals surface area contributed by atoms with Gasteiger partial charge in [-0.15, -0.1) is 0 Å². The molecule has 0 amide bonds. The van der Waals surface area contributed by atoms with Crippen molar-refractivity contribution >= 4 is 27.6 Å². The predicted octanol–water partition coefficient (Wildman–Crippen LogP) is 4.16. The Bertz CT molecular complexity index is 483. The van der Waals surface area contributed by atoms with Gasteiger partial charge in [-0.2, -0.15) is 0 Å². The first kappa shape index (κ1) is 14.4.